The molecule has 0 aliphatic rings. The van der Waals surface area contributed by atoms with Gasteiger partial charge in [-0.3, -0.25) is 0 Å². The molecular weight excluding hydrogens is 293 g/mol. The fraction of sp³-hybridized carbons (Fsp3) is 0.0833. The van der Waals surface area contributed by atoms with E-state index in [9.17, 15) is 8.53 Å². The van der Waals surface area contributed by atoms with E-state index in [1.165, 1.54) is 0 Å². The maximum atomic E-state index is 11.9. The summed E-state index contributed by atoms with van der Waals surface area (Å²) < 4.78 is 11.5. The van der Waals surface area contributed by atoms with Crippen LogP contribution in [0, 0.1) is 6.92 Å². The Morgan fingerprint density at radius 3 is 2.56 bits per heavy atom. The van der Waals surface area contributed by atoms with Gasteiger partial charge in [-0.15, -0.1) is 0 Å². The van der Waals surface area contributed by atoms with Crippen LogP contribution in [0.5, 0.6) is 0 Å². The minimum atomic E-state index is -1.05. The zero-order chi connectivity index (χ0) is 13.0. The summed E-state index contributed by atoms with van der Waals surface area (Å²) in [5.74, 6) is -0.00599. The maximum absolute atomic E-state index is 11.9. The van der Waals surface area contributed by atoms with E-state index >= 15 is 0 Å². The van der Waals surface area contributed by atoms with E-state index in [1.54, 1.807) is 36.5 Å². The second-order valence-electron chi connectivity index (χ2n) is 3.61. The van der Waals surface area contributed by atoms with E-state index < -0.39 is 15.7 Å². The van der Waals surface area contributed by atoms with Crippen LogP contribution in [-0.4, -0.2) is 31.6 Å². The normalized spacial score (nSPS) is 10.3. The number of carbonyl (C=O) groups excluding carboxylic acids is 1. The molecule has 0 fully saturated rings. The molecule has 1 aromatic heterocycles. The number of amides is 1. The van der Waals surface area contributed by atoms with Crippen molar-refractivity contribution < 1.29 is 8.53 Å². The quantitative estimate of drug-likeness (QED) is 0.848. The van der Waals surface area contributed by atoms with Gasteiger partial charge in [-0.25, -0.2) is 0 Å². The topological polar surface area (TPSA) is 72.0 Å². The Bertz CT molecular complexity index is 584. The zero-order valence-electron chi connectivity index (χ0n) is 9.62. The van der Waals surface area contributed by atoms with Crippen LogP contribution in [0.25, 0.3) is 0 Å². The number of aryl methyl sites for hydroxylation is 1. The molecule has 1 N–H and O–H groups in total. The summed E-state index contributed by atoms with van der Waals surface area (Å²) in [7, 11) is 0. The average Bonchev–Trinajstić information content (AvgIpc) is 2.39. The Morgan fingerprint density at radius 1 is 1.22 bits per heavy atom. The van der Waals surface area contributed by atoms with Gasteiger partial charge in [0.2, 0.25) is 0 Å². The van der Waals surface area contributed by atoms with Crippen LogP contribution in [0.4, 0.5) is 5.95 Å². The van der Waals surface area contributed by atoms with Crippen LogP contribution in [-0.2, 0) is 3.74 Å². The predicted molar refractivity (Wildman–Crippen MR) is 67.2 cm³/mol. The molecular formula is C12H10AsN3O2. The number of rotatable bonds is 3. The van der Waals surface area contributed by atoms with E-state index in [4.69, 9.17) is 0 Å². The first-order chi connectivity index (χ1) is 8.69. The van der Waals surface area contributed by atoms with E-state index in [1.807, 2.05) is 6.92 Å². The Hall–Kier alpha value is -1.87. The van der Waals surface area contributed by atoms with Gasteiger partial charge in [-0.2, -0.15) is 0 Å². The standard InChI is InChI=1S/C12H10AsN3O2/c1-8-6-7-14-12(15-8)16-11(17)9-2-4-10(13-18)5-3-9/h2-7H,1H3,(H,14,15,16,17). The molecule has 0 aliphatic carbocycles. The molecule has 0 unspecified atom stereocenters. The average molecular weight is 303 g/mol. The van der Waals surface area contributed by atoms with Crippen molar-refractivity contribution in [3.05, 3.63) is 47.8 Å². The van der Waals surface area contributed by atoms with E-state index in [2.05, 4.69) is 15.3 Å². The number of hydrogen-bond acceptors (Lipinski definition) is 4. The van der Waals surface area contributed by atoms with Crippen LogP contribution >= 0.6 is 0 Å². The summed E-state index contributed by atoms with van der Waals surface area (Å²) in [4.78, 5) is 19.9. The van der Waals surface area contributed by atoms with E-state index in [-0.39, 0.29) is 11.9 Å². The van der Waals surface area contributed by atoms with Crippen LogP contribution in [0.15, 0.2) is 36.5 Å². The fourth-order valence-corrected chi connectivity index (χ4v) is 1.92. The van der Waals surface area contributed by atoms with E-state index in [0.717, 1.165) is 10.0 Å². The Kier molecular flexibility index (Phi) is 3.95. The van der Waals surface area contributed by atoms with Crippen molar-refractivity contribution in [2.24, 2.45) is 0 Å². The van der Waals surface area contributed by atoms with E-state index in [0.29, 0.717) is 5.56 Å². The molecule has 0 aliphatic heterocycles. The summed E-state index contributed by atoms with van der Waals surface area (Å²) >= 11 is -1.05. The number of nitrogens with one attached hydrogen (secondary N) is 1. The molecule has 18 heavy (non-hydrogen) atoms. The Balaban J connectivity index is 2.14. The van der Waals surface area contributed by atoms with Gasteiger partial charge in [0, 0.05) is 0 Å². The van der Waals surface area contributed by atoms with Gasteiger partial charge in [0.25, 0.3) is 0 Å². The molecule has 1 amide bonds. The number of anilines is 1. The van der Waals surface area contributed by atoms with Crippen molar-refractivity contribution in [1.82, 2.24) is 9.97 Å². The van der Waals surface area contributed by atoms with Gasteiger partial charge in [0.15, 0.2) is 0 Å². The molecule has 0 radical (unpaired) electrons. The molecule has 6 heteroatoms. The SMILES string of the molecule is Cc1ccnc(NC(=O)c2ccc([As]=O)cc2)n1. The summed E-state index contributed by atoms with van der Waals surface area (Å²) in [6.07, 6.45) is 1.59. The molecule has 0 saturated heterocycles. The molecule has 0 atom stereocenters. The number of benzene rings is 1. The fourth-order valence-electron chi connectivity index (χ4n) is 1.36. The van der Waals surface area contributed by atoms with Gasteiger partial charge < -0.3 is 0 Å². The van der Waals surface area contributed by atoms with Crippen LogP contribution in [0.2, 0.25) is 0 Å². The summed E-state index contributed by atoms with van der Waals surface area (Å²) in [6, 6.07) is 8.38. The molecule has 2 aromatic rings. The predicted octanol–water partition coefficient (Wildman–Crippen LogP) is 0.712. The van der Waals surface area contributed by atoms with Gasteiger partial charge in [0.1, 0.15) is 0 Å². The van der Waals surface area contributed by atoms with Crippen LogP contribution < -0.4 is 9.67 Å². The summed E-state index contributed by atoms with van der Waals surface area (Å²) in [6.45, 7) is 1.82. The second-order valence-corrected chi connectivity index (χ2v) is 5.08. The van der Waals surface area contributed by atoms with Crippen LogP contribution in [0.3, 0.4) is 0 Å². The molecule has 0 bridgehead atoms. The third kappa shape index (κ3) is 3.08. The third-order valence-electron chi connectivity index (χ3n) is 2.26. The monoisotopic (exact) mass is 303 g/mol. The molecule has 5 nitrogen and oxygen atoms in total. The Labute approximate surface area is 111 Å². The molecule has 1 heterocycles. The second kappa shape index (κ2) is 5.65. The first kappa shape index (κ1) is 12.6. The minimum absolute atomic E-state index is 0.277. The van der Waals surface area contributed by atoms with Crippen molar-refractivity contribution in [3.8, 4) is 0 Å². The van der Waals surface area contributed by atoms with Crippen molar-refractivity contribution >= 4 is 31.9 Å². The van der Waals surface area contributed by atoms with Crippen molar-refractivity contribution in [1.29, 1.82) is 0 Å². The van der Waals surface area contributed by atoms with Gasteiger partial charge in [-0.1, -0.05) is 0 Å². The molecule has 0 spiro atoms. The van der Waals surface area contributed by atoms with Gasteiger partial charge in [0.05, 0.1) is 0 Å². The Morgan fingerprint density at radius 2 is 1.94 bits per heavy atom. The molecule has 90 valence electrons. The first-order valence-corrected chi connectivity index (χ1v) is 6.94. The molecule has 0 saturated carbocycles. The number of hydrogen-bond donors (Lipinski definition) is 1. The van der Waals surface area contributed by atoms with Gasteiger partial charge in [-0.05, 0) is 0 Å². The first-order valence-electron chi connectivity index (χ1n) is 5.23. The number of aromatic nitrogens is 2. The summed E-state index contributed by atoms with van der Waals surface area (Å²) in [5.41, 5.74) is 1.27. The van der Waals surface area contributed by atoms with Gasteiger partial charge >= 0.3 is 110 Å². The number of carbonyl (C=O) groups is 1. The van der Waals surface area contributed by atoms with Crippen molar-refractivity contribution in [2.75, 3.05) is 5.32 Å². The summed E-state index contributed by atoms with van der Waals surface area (Å²) in [5, 5.41) is 2.60. The number of nitrogens with zero attached hydrogens (tertiary/aromatic N) is 2. The van der Waals surface area contributed by atoms with Crippen LogP contribution in [0.1, 0.15) is 16.1 Å². The third-order valence-corrected chi connectivity index (χ3v) is 3.32. The molecule has 2 rings (SSSR count). The van der Waals surface area contributed by atoms with Crippen molar-refractivity contribution in [2.45, 2.75) is 6.92 Å². The van der Waals surface area contributed by atoms with Crippen molar-refractivity contribution in [3.63, 3.8) is 0 Å². The zero-order valence-corrected chi connectivity index (χ0v) is 11.5. The molecule has 1 aromatic carbocycles.